The molecule has 0 saturated carbocycles. The third-order valence-electron chi connectivity index (χ3n) is 3.65. The highest BCUT2D eigenvalue weighted by Gasteiger charge is 2.21. The Hall–Kier alpha value is -1.57. The summed E-state index contributed by atoms with van der Waals surface area (Å²) in [5, 5.41) is 3.03. The largest absolute Gasteiger partial charge is 0.346 e. The van der Waals surface area contributed by atoms with E-state index in [2.05, 4.69) is 43.9 Å². The minimum absolute atomic E-state index is 0.0807. The fourth-order valence-electron chi connectivity index (χ4n) is 2.56. The number of benzene rings is 1. The summed E-state index contributed by atoms with van der Waals surface area (Å²) in [5.74, 6) is 0.441. The second-order valence-corrected chi connectivity index (χ2v) is 5.27. The lowest BCUT2D eigenvalue weighted by Crippen LogP contribution is -2.29. The number of hydrogen-bond donors (Lipinski definition) is 1. The summed E-state index contributed by atoms with van der Waals surface area (Å²) in [5.41, 5.74) is 4.01. The normalized spacial score (nSPS) is 18.3. The summed E-state index contributed by atoms with van der Waals surface area (Å²) in [7, 11) is 0. The van der Waals surface area contributed by atoms with Crippen molar-refractivity contribution in [2.24, 2.45) is 0 Å². The second-order valence-electron chi connectivity index (χ2n) is 5.27. The average Bonchev–Trinajstić information content (AvgIpc) is 2.38. The number of carbonyl (C=O) groups is 1. The van der Waals surface area contributed by atoms with Gasteiger partial charge >= 0.3 is 0 Å². The van der Waals surface area contributed by atoms with Gasteiger partial charge < -0.3 is 5.32 Å². The molecule has 1 N–H and O–H groups in total. The highest BCUT2D eigenvalue weighted by molar-refractivity contribution is 5.87. The van der Waals surface area contributed by atoms with E-state index in [1.165, 1.54) is 22.8 Å². The lowest BCUT2D eigenvalue weighted by molar-refractivity contribution is -0.117. The van der Waals surface area contributed by atoms with Crippen LogP contribution < -0.4 is 5.32 Å². The van der Waals surface area contributed by atoms with Crippen molar-refractivity contribution in [1.82, 2.24) is 5.32 Å². The van der Waals surface area contributed by atoms with Crippen molar-refractivity contribution in [1.29, 1.82) is 0 Å². The summed E-state index contributed by atoms with van der Waals surface area (Å²) < 4.78 is 0. The second kappa shape index (κ2) is 5.38. The number of fused-ring (bicyclic) bond motifs is 1. The molecular formula is C16H21NO. The summed E-state index contributed by atoms with van der Waals surface area (Å²) in [4.78, 5) is 11.5. The molecule has 1 aliphatic rings. The number of rotatable bonds is 3. The maximum Gasteiger partial charge on any atom is 0.243 e. The molecule has 18 heavy (non-hydrogen) atoms. The van der Waals surface area contributed by atoms with E-state index in [0.29, 0.717) is 5.92 Å². The number of nitrogens with one attached hydrogen (secondary N) is 1. The predicted molar refractivity (Wildman–Crippen MR) is 74.5 cm³/mol. The fourth-order valence-corrected chi connectivity index (χ4v) is 2.56. The highest BCUT2D eigenvalue weighted by atomic mass is 16.1. The van der Waals surface area contributed by atoms with E-state index < -0.39 is 0 Å². The summed E-state index contributed by atoms with van der Waals surface area (Å²) in [6.45, 7) is 7.91. The Morgan fingerprint density at radius 2 is 2.28 bits per heavy atom. The molecule has 1 amide bonds. The zero-order valence-corrected chi connectivity index (χ0v) is 11.2. The molecule has 2 rings (SSSR count). The Kier molecular flexibility index (Phi) is 3.85. The standard InChI is InChI=1S/C16H21NO/c1-4-16(18)17-15-7-5-6-12-8-9-13(11(2)3)10-14(12)15/h4,8-11,15H,1,5-7H2,2-3H3,(H,17,18)/t15-/m0/s1. The molecule has 2 heteroatoms. The average molecular weight is 243 g/mol. The van der Waals surface area contributed by atoms with Gasteiger partial charge in [-0.25, -0.2) is 0 Å². The Bertz CT molecular complexity index is 462. The molecule has 0 bridgehead atoms. The Morgan fingerprint density at radius 3 is 2.94 bits per heavy atom. The van der Waals surface area contributed by atoms with Crippen molar-refractivity contribution < 1.29 is 4.79 Å². The molecule has 0 aromatic heterocycles. The lowest BCUT2D eigenvalue weighted by atomic mass is 9.85. The minimum atomic E-state index is -0.0807. The van der Waals surface area contributed by atoms with Crippen molar-refractivity contribution >= 4 is 5.91 Å². The maximum atomic E-state index is 11.5. The van der Waals surface area contributed by atoms with Crippen LogP contribution in [0.3, 0.4) is 0 Å². The topological polar surface area (TPSA) is 29.1 Å². The van der Waals surface area contributed by atoms with Gasteiger partial charge in [-0.15, -0.1) is 0 Å². The fraction of sp³-hybridized carbons (Fsp3) is 0.438. The summed E-state index contributed by atoms with van der Waals surface area (Å²) in [6, 6.07) is 6.84. The first-order valence-electron chi connectivity index (χ1n) is 6.67. The summed E-state index contributed by atoms with van der Waals surface area (Å²) >= 11 is 0. The Balaban J connectivity index is 2.31. The van der Waals surface area contributed by atoms with Crippen molar-refractivity contribution in [3.8, 4) is 0 Å². The van der Waals surface area contributed by atoms with Crippen LogP contribution in [0.25, 0.3) is 0 Å². The van der Waals surface area contributed by atoms with Gasteiger partial charge in [0.25, 0.3) is 0 Å². The van der Waals surface area contributed by atoms with Gasteiger partial charge in [-0.3, -0.25) is 4.79 Å². The van der Waals surface area contributed by atoms with Crippen LogP contribution in [0.15, 0.2) is 30.9 Å². The van der Waals surface area contributed by atoms with E-state index in [-0.39, 0.29) is 11.9 Å². The van der Waals surface area contributed by atoms with E-state index in [1.54, 1.807) is 0 Å². The van der Waals surface area contributed by atoms with E-state index >= 15 is 0 Å². The number of hydrogen-bond acceptors (Lipinski definition) is 1. The third kappa shape index (κ3) is 2.63. The quantitative estimate of drug-likeness (QED) is 0.809. The molecule has 0 fully saturated rings. The zero-order chi connectivity index (χ0) is 13.1. The smallest absolute Gasteiger partial charge is 0.243 e. The van der Waals surface area contributed by atoms with Crippen molar-refractivity contribution in [2.75, 3.05) is 0 Å². The van der Waals surface area contributed by atoms with E-state index in [1.807, 2.05) is 0 Å². The van der Waals surface area contributed by atoms with E-state index in [0.717, 1.165) is 19.3 Å². The molecule has 0 aliphatic heterocycles. The van der Waals surface area contributed by atoms with Crippen LogP contribution >= 0.6 is 0 Å². The molecule has 2 nitrogen and oxygen atoms in total. The Morgan fingerprint density at radius 1 is 1.50 bits per heavy atom. The molecule has 0 unspecified atom stereocenters. The predicted octanol–water partition coefficient (Wildman–Crippen LogP) is 3.49. The monoisotopic (exact) mass is 243 g/mol. The van der Waals surface area contributed by atoms with Gasteiger partial charge in [0.2, 0.25) is 5.91 Å². The molecule has 1 aromatic carbocycles. The Labute approximate surface area is 109 Å². The van der Waals surface area contributed by atoms with Gasteiger partial charge in [0.05, 0.1) is 6.04 Å². The van der Waals surface area contributed by atoms with Crippen LogP contribution in [0.5, 0.6) is 0 Å². The lowest BCUT2D eigenvalue weighted by Gasteiger charge is -2.27. The third-order valence-corrected chi connectivity index (χ3v) is 3.65. The van der Waals surface area contributed by atoms with Crippen LogP contribution in [-0.4, -0.2) is 5.91 Å². The van der Waals surface area contributed by atoms with E-state index in [4.69, 9.17) is 0 Å². The van der Waals surface area contributed by atoms with Crippen LogP contribution in [0.1, 0.15) is 55.3 Å². The van der Waals surface area contributed by atoms with Crippen LogP contribution in [0, 0.1) is 0 Å². The SMILES string of the molecule is C=CC(=O)N[C@H]1CCCc2ccc(C(C)C)cc21. The maximum absolute atomic E-state index is 11.5. The zero-order valence-electron chi connectivity index (χ0n) is 11.2. The van der Waals surface area contributed by atoms with Crippen molar-refractivity contribution in [3.63, 3.8) is 0 Å². The van der Waals surface area contributed by atoms with Crippen LogP contribution in [0.2, 0.25) is 0 Å². The van der Waals surface area contributed by atoms with Gasteiger partial charge in [0.15, 0.2) is 0 Å². The highest BCUT2D eigenvalue weighted by Crippen LogP contribution is 2.32. The molecule has 1 aromatic rings. The molecule has 0 heterocycles. The molecule has 0 radical (unpaired) electrons. The van der Waals surface area contributed by atoms with Crippen molar-refractivity contribution in [2.45, 2.75) is 45.1 Å². The molecular weight excluding hydrogens is 222 g/mol. The van der Waals surface area contributed by atoms with Crippen LogP contribution in [0.4, 0.5) is 0 Å². The first-order chi connectivity index (χ1) is 8.61. The summed E-state index contributed by atoms with van der Waals surface area (Å²) in [6.07, 6.45) is 4.62. The first-order valence-corrected chi connectivity index (χ1v) is 6.67. The van der Waals surface area contributed by atoms with Crippen molar-refractivity contribution in [3.05, 3.63) is 47.5 Å². The molecule has 1 aliphatic carbocycles. The number of carbonyl (C=O) groups excluding carboxylic acids is 1. The van der Waals surface area contributed by atoms with Gasteiger partial charge in [-0.1, -0.05) is 38.6 Å². The molecule has 96 valence electrons. The van der Waals surface area contributed by atoms with Gasteiger partial charge in [-0.05, 0) is 47.9 Å². The first kappa shape index (κ1) is 12.9. The van der Waals surface area contributed by atoms with Gasteiger partial charge in [0.1, 0.15) is 0 Å². The molecule has 1 atom stereocenters. The number of amides is 1. The number of aryl methyl sites for hydroxylation is 1. The van der Waals surface area contributed by atoms with E-state index in [9.17, 15) is 4.79 Å². The van der Waals surface area contributed by atoms with Crippen LogP contribution in [-0.2, 0) is 11.2 Å². The molecule has 0 saturated heterocycles. The van der Waals surface area contributed by atoms with Gasteiger partial charge in [0, 0.05) is 0 Å². The minimum Gasteiger partial charge on any atom is -0.346 e. The van der Waals surface area contributed by atoms with Gasteiger partial charge in [-0.2, -0.15) is 0 Å². The molecule has 0 spiro atoms.